The summed E-state index contributed by atoms with van der Waals surface area (Å²) in [6.07, 6.45) is 0. The molecule has 1 unspecified atom stereocenters. The fourth-order valence-corrected chi connectivity index (χ4v) is 1.14. The van der Waals surface area contributed by atoms with Crippen LogP contribution in [0.5, 0.6) is 0 Å². The summed E-state index contributed by atoms with van der Waals surface area (Å²) in [5.74, 6) is -0.0554. The fraction of sp³-hybridized carbons (Fsp3) is 0.500. The lowest BCUT2D eigenvalue weighted by Crippen LogP contribution is -2.31. The van der Waals surface area contributed by atoms with Crippen LogP contribution >= 0.6 is 0 Å². The molecule has 17 heavy (non-hydrogen) atoms. The molecule has 0 spiro atoms. The van der Waals surface area contributed by atoms with Crippen molar-refractivity contribution in [1.82, 2.24) is 4.98 Å². The van der Waals surface area contributed by atoms with E-state index in [2.05, 4.69) is 31.1 Å². The van der Waals surface area contributed by atoms with Crippen LogP contribution in [0.1, 0.15) is 38.2 Å². The summed E-state index contributed by atoms with van der Waals surface area (Å²) in [4.78, 5) is 15.2. The topological polar surface area (TPSA) is 94.0 Å². The number of carbonyl (C=O) groups excluding carboxylic acids is 1. The zero-order valence-electron chi connectivity index (χ0n) is 10.7. The van der Waals surface area contributed by atoms with E-state index >= 15 is 0 Å². The molecule has 1 amide bonds. The lowest BCUT2D eigenvalue weighted by atomic mass is 9.88. The van der Waals surface area contributed by atoms with Crippen LogP contribution in [0.25, 0.3) is 0 Å². The van der Waals surface area contributed by atoms with Crippen LogP contribution in [0.15, 0.2) is 12.1 Å². The lowest BCUT2D eigenvalue weighted by Gasteiger charge is -2.29. The molecule has 1 rings (SSSR count). The Balaban J connectivity index is 2.98. The van der Waals surface area contributed by atoms with Gasteiger partial charge in [-0.25, -0.2) is 4.98 Å². The van der Waals surface area contributed by atoms with Crippen molar-refractivity contribution >= 4 is 17.4 Å². The molecular weight excluding hydrogens is 216 g/mol. The van der Waals surface area contributed by atoms with Crippen molar-refractivity contribution in [2.45, 2.75) is 33.7 Å². The largest absolute Gasteiger partial charge is 0.396 e. The summed E-state index contributed by atoms with van der Waals surface area (Å²) in [5, 5.41) is 3.20. The second-order valence-corrected chi connectivity index (χ2v) is 5.23. The van der Waals surface area contributed by atoms with Gasteiger partial charge < -0.3 is 16.8 Å². The number of anilines is 2. The Hall–Kier alpha value is -1.78. The fourth-order valence-electron chi connectivity index (χ4n) is 1.14. The van der Waals surface area contributed by atoms with Crippen molar-refractivity contribution < 1.29 is 4.79 Å². The SMILES string of the molecule is CC(Nc1nc(C(N)=O)ccc1N)C(C)(C)C. The maximum Gasteiger partial charge on any atom is 0.267 e. The lowest BCUT2D eigenvalue weighted by molar-refractivity contribution is 0.0995. The Morgan fingerprint density at radius 3 is 2.47 bits per heavy atom. The maximum atomic E-state index is 11.0. The summed E-state index contributed by atoms with van der Waals surface area (Å²) in [6, 6.07) is 3.32. The number of pyridine rings is 1. The predicted octanol–water partition coefficient (Wildman–Crippen LogP) is 1.61. The summed E-state index contributed by atoms with van der Waals surface area (Å²) in [5.41, 5.74) is 11.8. The first-order valence-electron chi connectivity index (χ1n) is 5.54. The van der Waals surface area contributed by atoms with Crippen molar-refractivity contribution in [3.63, 3.8) is 0 Å². The average molecular weight is 236 g/mol. The molecule has 94 valence electrons. The third kappa shape index (κ3) is 3.34. The summed E-state index contributed by atoms with van der Waals surface area (Å²) in [7, 11) is 0. The van der Waals surface area contributed by atoms with Crippen molar-refractivity contribution in [3.05, 3.63) is 17.8 Å². The number of amides is 1. The van der Waals surface area contributed by atoms with Crippen LogP contribution in [0, 0.1) is 5.41 Å². The van der Waals surface area contributed by atoms with Gasteiger partial charge in [0.05, 0.1) is 5.69 Å². The number of aromatic nitrogens is 1. The molecule has 0 fully saturated rings. The molecule has 0 aromatic carbocycles. The van der Waals surface area contributed by atoms with Crippen LogP contribution in [0.3, 0.4) is 0 Å². The summed E-state index contributed by atoms with van der Waals surface area (Å²) >= 11 is 0. The number of nitrogen functional groups attached to an aromatic ring is 1. The van der Waals surface area contributed by atoms with Gasteiger partial charge in [0.15, 0.2) is 0 Å². The van der Waals surface area contributed by atoms with Crippen molar-refractivity contribution in [1.29, 1.82) is 0 Å². The molecule has 0 bridgehead atoms. The van der Waals surface area contributed by atoms with Crippen LogP contribution in [-0.4, -0.2) is 16.9 Å². The van der Waals surface area contributed by atoms with E-state index in [1.807, 2.05) is 6.92 Å². The summed E-state index contributed by atoms with van der Waals surface area (Å²) < 4.78 is 0. The monoisotopic (exact) mass is 236 g/mol. The minimum Gasteiger partial charge on any atom is -0.396 e. The van der Waals surface area contributed by atoms with Gasteiger partial charge in [0.25, 0.3) is 5.91 Å². The molecule has 1 aromatic rings. The minimum absolute atomic E-state index is 0.0663. The predicted molar refractivity (Wildman–Crippen MR) is 69.7 cm³/mol. The first-order valence-corrected chi connectivity index (χ1v) is 5.54. The van der Waals surface area contributed by atoms with Gasteiger partial charge in [-0.2, -0.15) is 0 Å². The van der Waals surface area contributed by atoms with Gasteiger partial charge in [-0.15, -0.1) is 0 Å². The quantitative estimate of drug-likeness (QED) is 0.743. The van der Waals surface area contributed by atoms with Gasteiger partial charge in [0.2, 0.25) is 0 Å². The Morgan fingerprint density at radius 1 is 1.41 bits per heavy atom. The molecule has 0 saturated heterocycles. The standard InChI is InChI=1S/C12H20N4O/c1-7(12(2,3)4)15-11-8(13)5-6-9(16-11)10(14)17/h5-7H,13H2,1-4H3,(H2,14,17)(H,15,16). The van der Waals surface area contributed by atoms with Crippen LogP contribution in [-0.2, 0) is 0 Å². The van der Waals surface area contributed by atoms with Gasteiger partial charge in [-0.05, 0) is 24.5 Å². The zero-order valence-corrected chi connectivity index (χ0v) is 10.7. The van der Waals surface area contributed by atoms with Gasteiger partial charge in [-0.1, -0.05) is 20.8 Å². The van der Waals surface area contributed by atoms with Crippen molar-refractivity contribution in [2.24, 2.45) is 11.1 Å². The van der Waals surface area contributed by atoms with Crippen LogP contribution in [0.2, 0.25) is 0 Å². The van der Waals surface area contributed by atoms with E-state index in [-0.39, 0.29) is 17.2 Å². The van der Waals surface area contributed by atoms with Crippen LogP contribution in [0.4, 0.5) is 11.5 Å². The van der Waals surface area contributed by atoms with E-state index in [1.54, 1.807) is 6.07 Å². The first kappa shape index (κ1) is 13.3. The van der Waals surface area contributed by atoms with E-state index in [9.17, 15) is 4.79 Å². The third-order valence-electron chi connectivity index (χ3n) is 2.83. The molecular formula is C12H20N4O. The van der Waals surface area contributed by atoms with E-state index in [0.717, 1.165) is 0 Å². The number of nitrogens with two attached hydrogens (primary N) is 2. The number of primary amides is 1. The Morgan fingerprint density at radius 2 is 2.00 bits per heavy atom. The number of rotatable bonds is 3. The summed E-state index contributed by atoms with van der Waals surface area (Å²) in [6.45, 7) is 8.37. The number of hydrogen-bond acceptors (Lipinski definition) is 4. The second-order valence-electron chi connectivity index (χ2n) is 5.23. The molecule has 0 aliphatic carbocycles. The normalized spacial score (nSPS) is 13.2. The molecule has 0 saturated carbocycles. The van der Waals surface area contributed by atoms with E-state index in [1.165, 1.54) is 6.07 Å². The number of nitrogens with zero attached hydrogens (tertiary/aromatic N) is 1. The highest BCUT2D eigenvalue weighted by Crippen LogP contribution is 2.24. The van der Waals surface area contributed by atoms with Gasteiger partial charge in [-0.3, -0.25) is 4.79 Å². The highest BCUT2D eigenvalue weighted by atomic mass is 16.1. The molecule has 1 atom stereocenters. The molecule has 5 heteroatoms. The van der Waals surface area contributed by atoms with E-state index < -0.39 is 5.91 Å². The van der Waals surface area contributed by atoms with Crippen molar-refractivity contribution in [2.75, 3.05) is 11.1 Å². The molecule has 5 N–H and O–H groups in total. The van der Waals surface area contributed by atoms with E-state index in [4.69, 9.17) is 11.5 Å². The maximum absolute atomic E-state index is 11.0. The molecule has 5 nitrogen and oxygen atoms in total. The molecule has 0 aliphatic rings. The van der Waals surface area contributed by atoms with Gasteiger partial charge >= 0.3 is 0 Å². The van der Waals surface area contributed by atoms with Gasteiger partial charge in [0.1, 0.15) is 11.5 Å². The highest BCUT2D eigenvalue weighted by Gasteiger charge is 2.21. The highest BCUT2D eigenvalue weighted by molar-refractivity contribution is 5.91. The van der Waals surface area contributed by atoms with Crippen LogP contribution < -0.4 is 16.8 Å². The minimum atomic E-state index is -0.559. The molecule has 0 aliphatic heterocycles. The first-order chi connectivity index (χ1) is 7.71. The molecule has 1 heterocycles. The number of carbonyl (C=O) groups is 1. The number of nitrogens with one attached hydrogen (secondary N) is 1. The number of hydrogen-bond donors (Lipinski definition) is 3. The molecule has 1 aromatic heterocycles. The Labute approximate surface area is 102 Å². The Kier molecular flexibility index (Phi) is 3.60. The smallest absolute Gasteiger partial charge is 0.267 e. The van der Waals surface area contributed by atoms with Crippen molar-refractivity contribution in [3.8, 4) is 0 Å². The van der Waals surface area contributed by atoms with Gasteiger partial charge in [0, 0.05) is 6.04 Å². The molecule has 0 radical (unpaired) electrons. The third-order valence-corrected chi connectivity index (χ3v) is 2.83. The average Bonchev–Trinajstić information content (AvgIpc) is 2.19. The van der Waals surface area contributed by atoms with E-state index in [0.29, 0.717) is 11.5 Å². The Bertz CT molecular complexity index is 423. The zero-order chi connectivity index (χ0) is 13.2. The second kappa shape index (κ2) is 4.61.